The first-order chi connectivity index (χ1) is 9.25. The van der Waals surface area contributed by atoms with Crippen LogP contribution in [0.25, 0.3) is 0 Å². The van der Waals surface area contributed by atoms with Crippen molar-refractivity contribution in [1.82, 2.24) is 4.98 Å². The molecule has 1 aromatic heterocycles. The van der Waals surface area contributed by atoms with Gasteiger partial charge in [0, 0.05) is 18.0 Å². The van der Waals surface area contributed by atoms with E-state index in [-0.39, 0.29) is 24.2 Å². The summed E-state index contributed by atoms with van der Waals surface area (Å²) in [5.74, 6) is -0.552. The lowest BCUT2D eigenvalue weighted by Gasteiger charge is -2.11. The van der Waals surface area contributed by atoms with Crippen LogP contribution in [0, 0.1) is 5.92 Å². The molecule has 2 amide bonds. The van der Waals surface area contributed by atoms with Gasteiger partial charge in [0.05, 0.1) is 5.92 Å². The number of hydrogen-bond acceptors (Lipinski definition) is 4. The Morgan fingerprint density at radius 2 is 2.05 bits per heavy atom. The standard InChI is InChI=1S/C14H12N2O2S/c17-12-9-11(8-10-4-2-1-3-5-10)13(18)16(12)14-15-6-7-19-14/h1-7,11H,8-9H2/t11-/m1/s1. The van der Waals surface area contributed by atoms with Crippen LogP contribution < -0.4 is 4.90 Å². The first-order valence-corrected chi connectivity index (χ1v) is 6.94. The number of thiazole rings is 1. The molecule has 1 aliphatic rings. The lowest BCUT2D eigenvalue weighted by Crippen LogP contribution is -2.30. The van der Waals surface area contributed by atoms with Gasteiger partial charge in [-0.3, -0.25) is 9.59 Å². The van der Waals surface area contributed by atoms with E-state index in [1.165, 1.54) is 16.2 Å². The van der Waals surface area contributed by atoms with Crippen LogP contribution in [0.4, 0.5) is 5.13 Å². The van der Waals surface area contributed by atoms with E-state index in [0.29, 0.717) is 11.6 Å². The molecule has 0 saturated carbocycles. The van der Waals surface area contributed by atoms with E-state index in [1.807, 2.05) is 30.3 Å². The zero-order valence-corrected chi connectivity index (χ0v) is 11.0. The van der Waals surface area contributed by atoms with Gasteiger partial charge in [-0.15, -0.1) is 11.3 Å². The molecule has 0 aliphatic carbocycles. The second-order valence-corrected chi connectivity index (χ2v) is 5.35. The van der Waals surface area contributed by atoms with E-state index in [0.717, 1.165) is 5.56 Å². The Bertz CT molecular complexity index is 595. The highest BCUT2D eigenvalue weighted by Crippen LogP contribution is 2.29. The van der Waals surface area contributed by atoms with Gasteiger partial charge in [0.15, 0.2) is 5.13 Å². The molecule has 1 saturated heterocycles. The maximum atomic E-state index is 12.3. The average molecular weight is 272 g/mol. The normalized spacial score (nSPS) is 19.2. The number of hydrogen-bond donors (Lipinski definition) is 0. The molecule has 4 nitrogen and oxygen atoms in total. The highest BCUT2D eigenvalue weighted by Gasteiger charge is 2.40. The monoisotopic (exact) mass is 272 g/mol. The SMILES string of the molecule is O=C1C[C@@H](Cc2ccccc2)C(=O)N1c1nccs1. The third-order valence-electron chi connectivity index (χ3n) is 3.18. The second-order valence-electron chi connectivity index (χ2n) is 4.47. The molecule has 1 aliphatic heterocycles. The molecule has 1 fully saturated rings. The molecule has 1 aromatic carbocycles. The Morgan fingerprint density at radius 1 is 1.26 bits per heavy atom. The fourth-order valence-electron chi connectivity index (χ4n) is 2.28. The molecule has 96 valence electrons. The fourth-order valence-corrected chi connectivity index (χ4v) is 2.94. The van der Waals surface area contributed by atoms with Gasteiger partial charge < -0.3 is 0 Å². The van der Waals surface area contributed by atoms with Gasteiger partial charge >= 0.3 is 0 Å². The van der Waals surface area contributed by atoms with Gasteiger partial charge in [0.2, 0.25) is 11.8 Å². The van der Waals surface area contributed by atoms with Gasteiger partial charge in [-0.25, -0.2) is 9.88 Å². The first-order valence-electron chi connectivity index (χ1n) is 6.06. The van der Waals surface area contributed by atoms with Crippen molar-refractivity contribution in [2.24, 2.45) is 5.92 Å². The Morgan fingerprint density at radius 3 is 2.74 bits per heavy atom. The highest BCUT2D eigenvalue weighted by atomic mass is 32.1. The number of rotatable bonds is 3. The molecule has 3 rings (SSSR count). The molecule has 2 heterocycles. The summed E-state index contributed by atoms with van der Waals surface area (Å²) in [6, 6.07) is 9.77. The van der Waals surface area contributed by atoms with Crippen molar-refractivity contribution in [3.8, 4) is 0 Å². The van der Waals surface area contributed by atoms with E-state index in [2.05, 4.69) is 4.98 Å². The average Bonchev–Trinajstić information content (AvgIpc) is 3.01. The van der Waals surface area contributed by atoms with Crippen molar-refractivity contribution in [2.45, 2.75) is 12.8 Å². The Labute approximate surface area is 114 Å². The van der Waals surface area contributed by atoms with Crippen LogP contribution in [0.3, 0.4) is 0 Å². The van der Waals surface area contributed by atoms with E-state index < -0.39 is 0 Å². The van der Waals surface area contributed by atoms with Crippen molar-refractivity contribution >= 4 is 28.3 Å². The number of carbonyl (C=O) groups is 2. The third-order valence-corrected chi connectivity index (χ3v) is 3.93. The molecule has 0 unspecified atom stereocenters. The molecule has 5 heteroatoms. The highest BCUT2D eigenvalue weighted by molar-refractivity contribution is 7.14. The lowest BCUT2D eigenvalue weighted by atomic mass is 9.98. The fraction of sp³-hybridized carbons (Fsp3) is 0.214. The molecule has 0 N–H and O–H groups in total. The number of carbonyl (C=O) groups excluding carboxylic acids is 2. The van der Waals surface area contributed by atoms with Crippen LogP contribution in [0.2, 0.25) is 0 Å². The molecule has 1 atom stereocenters. The molecular formula is C14H12N2O2S. The molecule has 0 bridgehead atoms. The second kappa shape index (κ2) is 4.93. The van der Waals surface area contributed by atoms with Crippen molar-refractivity contribution in [3.05, 3.63) is 47.5 Å². The maximum absolute atomic E-state index is 12.3. The van der Waals surface area contributed by atoms with Crippen LogP contribution in [0.5, 0.6) is 0 Å². The minimum absolute atomic E-state index is 0.135. The van der Waals surface area contributed by atoms with Crippen LogP contribution in [-0.4, -0.2) is 16.8 Å². The quantitative estimate of drug-likeness (QED) is 0.805. The van der Waals surface area contributed by atoms with Gasteiger partial charge in [-0.05, 0) is 12.0 Å². The van der Waals surface area contributed by atoms with E-state index >= 15 is 0 Å². The predicted molar refractivity (Wildman–Crippen MR) is 72.9 cm³/mol. The van der Waals surface area contributed by atoms with Gasteiger partial charge in [0.25, 0.3) is 0 Å². The summed E-state index contributed by atoms with van der Waals surface area (Å²) >= 11 is 1.31. The van der Waals surface area contributed by atoms with Gasteiger partial charge in [-0.1, -0.05) is 30.3 Å². The minimum atomic E-state index is -0.265. The van der Waals surface area contributed by atoms with Gasteiger partial charge in [-0.2, -0.15) is 0 Å². The van der Waals surface area contributed by atoms with Crippen molar-refractivity contribution in [2.75, 3.05) is 4.90 Å². The number of anilines is 1. The molecule has 0 spiro atoms. The summed E-state index contributed by atoms with van der Waals surface area (Å²) in [6.07, 6.45) is 2.48. The molecular weight excluding hydrogens is 260 g/mol. The summed E-state index contributed by atoms with van der Waals surface area (Å²) in [6.45, 7) is 0. The Hall–Kier alpha value is -2.01. The number of aromatic nitrogens is 1. The van der Waals surface area contributed by atoms with Crippen LogP contribution >= 0.6 is 11.3 Å². The van der Waals surface area contributed by atoms with Crippen LogP contribution in [-0.2, 0) is 16.0 Å². The predicted octanol–water partition coefficient (Wildman–Crippen LogP) is 2.27. The molecule has 2 aromatic rings. The molecule has 0 radical (unpaired) electrons. The number of imide groups is 1. The number of amides is 2. The zero-order valence-electron chi connectivity index (χ0n) is 10.2. The molecule has 19 heavy (non-hydrogen) atoms. The Kier molecular flexibility index (Phi) is 3.13. The van der Waals surface area contributed by atoms with Crippen LogP contribution in [0.15, 0.2) is 41.9 Å². The van der Waals surface area contributed by atoms with Crippen molar-refractivity contribution in [1.29, 1.82) is 0 Å². The van der Waals surface area contributed by atoms with E-state index in [4.69, 9.17) is 0 Å². The largest absolute Gasteiger partial charge is 0.274 e. The van der Waals surface area contributed by atoms with Crippen molar-refractivity contribution in [3.63, 3.8) is 0 Å². The topological polar surface area (TPSA) is 50.3 Å². The minimum Gasteiger partial charge on any atom is -0.274 e. The maximum Gasteiger partial charge on any atom is 0.239 e. The number of nitrogens with zero attached hydrogens (tertiary/aromatic N) is 2. The van der Waals surface area contributed by atoms with Crippen LogP contribution in [0.1, 0.15) is 12.0 Å². The Balaban J connectivity index is 1.79. The van der Waals surface area contributed by atoms with E-state index in [1.54, 1.807) is 11.6 Å². The number of benzene rings is 1. The van der Waals surface area contributed by atoms with E-state index in [9.17, 15) is 9.59 Å². The van der Waals surface area contributed by atoms with Gasteiger partial charge in [0.1, 0.15) is 0 Å². The summed E-state index contributed by atoms with van der Waals surface area (Å²) in [5.41, 5.74) is 1.08. The summed E-state index contributed by atoms with van der Waals surface area (Å²) < 4.78 is 0. The first kappa shape index (κ1) is 12.0. The summed E-state index contributed by atoms with van der Waals surface area (Å²) in [4.78, 5) is 29.5. The lowest BCUT2D eigenvalue weighted by molar-refractivity contribution is -0.122. The third kappa shape index (κ3) is 2.29. The smallest absolute Gasteiger partial charge is 0.239 e. The summed E-state index contributed by atoms with van der Waals surface area (Å²) in [7, 11) is 0. The zero-order chi connectivity index (χ0) is 13.2. The van der Waals surface area contributed by atoms with Crippen molar-refractivity contribution < 1.29 is 9.59 Å². The summed E-state index contributed by atoms with van der Waals surface area (Å²) in [5, 5.41) is 2.24.